The van der Waals surface area contributed by atoms with Gasteiger partial charge >= 0.3 is 0 Å². The van der Waals surface area contributed by atoms with E-state index in [1.807, 2.05) is 17.5 Å². The standard InChI is InChI=1S/C20H27NOS/c1-3-12-20(13-4-2,17-9-6-5-7-10-17)14-15-21-19(22)18-11-8-16-23-18/h5-11,16H,3-4,12-15H2,1-2H3,(H,21,22). The van der Waals surface area contributed by atoms with Gasteiger partial charge in [0.05, 0.1) is 4.88 Å². The summed E-state index contributed by atoms with van der Waals surface area (Å²) in [6.45, 7) is 5.22. The van der Waals surface area contributed by atoms with Crippen LogP contribution in [0.1, 0.15) is 61.2 Å². The van der Waals surface area contributed by atoms with Crippen LogP contribution in [-0.4, -0.2) is 12.5 Å². The van der Waals surface area contributed by atoms with Crippen molar-refractivity contribution in [3.05, 3.63) is 58.3 Å². The Morgan fingerprint density at radius 2 is 1.70 bits per heavy atom. The SMILES string of the molecule is CCCC(CCC)(CCNC(=O)c1cccs1)c1ccccc1. The van der Waals surface area contributed by atoms with Crippen LogP contribution in [0.25, 0.3) is 0 Å². The lowest BCUT2D eigenvalue weighted by Gasteiger charge is -2.34. The predicted octanol–water partition coefficient (Wildman–Crippen LogP) is 5.41. The number of hydrogen-bond donors (Lipinski definition) is 1. The molecule has 2 rings (SSSR count). The van der Waals surface area contributed by atoms with E-state index in [4.69, 9.17) is 0 Å². The molecule has 2 aromatic rings. The summed E-state index contributed by atoms with van der Waals surface area (Å²) in [7, 11) is 0. The van der Waals surface area contributed by atoms with E-state index in [0.717, 1.165) is 30.7 Å². The highest BCUT2D eigenvalue weighted by molar-refractivity contribution is 7.12. The predicted molar refractivity (Wildman–Crippen MR) is 99.2 cm³/mol. The van der Waals surface area contributed by atoms with Gasteiger partial charge in [0.15, 0.2) is 0 Å². The van der Waals surface area contributed by atoms with E-state index >= 15 is 0 Å². The van der Waals surface area contributed by atoms with E-state index in [-0.39, 0.29) is 11.3 Å². The highest BCUT2D eigenvalue weighted by atomic mass is 32.1. The summed E-state index contributed by atoms with van der Waals surface area (Å²) in [5, 5.41) is 5.04. The number of nitrogens with one attached hydrogen (secondary N) is 1. The van der Waals surface area contributed by atoms with Crippen molar-refractivity contribution >= 4 is 17.2 Å². The minimum absolute atomic E-state index is 0.0509. The third-order valence-corrected chi connectivity index (χ3v) is 5.35. The second kappa shape index (κ2) is 8.88. The molecular weight excluding hydrogens is 302 g/mol. The number of rotatable bonds is 9. The van der Waals surface area contributed by atoms with Crippen LogP contribution in [0.5, 0.6) is 0 Å². The molecule has 0 unspecified atom stereocenters. The Morgan fingerprint density at radius 1 is 1.00 bits per heavy atom. The third kappa shape index (κ3) is 4.68. The van der Waals surface area contributed by atoms with Gasteiger partial charge in [-0.3, -0.25) is 4.79 Å². The van der Waals surface area contributed by atoms with Crippen molar-refractivity contribution in [2.24, 2.45) is 0 Å². The molecule has 23 heavy (non-hydrogen) atoms. The molecule has 124 valence electrons. The first kappa shape index (κ1) is 17.7. The van der Waals surface area contributed by atoms with Gasteiger partial charge in [-0.15, -0.1) is 11.3 Å². The number of carbonyl (C=O) groups excluding carboxylic acids is 1. The molecule has 0 fully saturated rings. The van der Waals surface area contributed by atoms with Crippen LogP contribution in [-0.2, 0) is 5.41 Å². The second-order valence-electron chi connectivity index (χ2n) is 6.13. The fourth-order valence-corrected chi connectivity index (χ4v) is 4.11. The van der Waals surface area contributed by atoms with Crippen LogP contribution >= 0.6 is 11.3 Å². The van der Waals surface area contributed by atoms with Crippen LogP contribution < -0.4 is 5.32 Å². The van der Waals surface area contributed by atoms with E-state index in [1.165, 1.54) is 29.7 Å². The van der Waals surface area contributed by atoms with Crippen LogP contribution in [0.15, 0.2) is 47.8 Å². The van der Waals surface area contributed by atoms with E-state index in [9.17, 15) is 4.79 Å². The Morgan fingerprint density at radius 3 is 2.26 bits per heavy atom. The van der Waals surface area contributed by atoms with Crippen molar-refractivity contribution in [2.45, 2.75) is 51.4 Å². The van der Waals surface area contributed by atoms with E-state index in [1.54, 1.807) is 0 Å². The lowest BCUT2D eigenvalue weighted by atomic mass is 9.71. The molecule has 0 aliphatic carbocycles. The number of carbonyl (C=O) groups is 1. The minimum atomic E-state index is 0.0509. The molecule has 0 bridgehead atoms. The Kier molecular flexibility index (Phi) is 6.85. The Labute approximate surface area is 143 Å². The summed E-state index contributed by atoms with van der Waals surface area (Å²) in [6.07, 6.45) is 5.65. The summed E-state index contributed by atoms with van der Waals surface area (Å²) in [6, 6.07) is 14.6. The van der Waals surface area contributed by atoms with E-state index in [2.05, 4.69) is 49.5 Å². The van der Waals surface area contributed by atoms with Crippen molar-refractivity contribution in [3.63, 3.8) is 0 Å². The summed E-state index contributed by atoms with van der Waals surface area (Å²) in [4.78, 5) is 12.9. The van der Waals surface area contributed by atoms with Gasteiger partial charge in [0.25, 0.3) is 5.91 Å². The maximum absolute atomic E-state index is 12.1. The molecule has 3 heteroatoms. The monoisotopic (exact) mass is 329 g/mol. The first-order chi connectivity index (χ1) is 11.2. The highest BCUT2D eigenvalue weighted by Gasteiger charge is 2.30. The van der Waals surface area contributed by atoms with Crippen LogP contribution in [0.3, 0.4) is 0 Å². The molecule has 0 radical (unpaired) electrons. The van der Waals surface area contributed by atoms with Crippen molar-refractivity contribution in [3.8, 4) is 0 Å². The van der Waals surface area contributed by atoms with Crippen molar-refractivity contribution in [1.82, 2.24) is 5.32 Å². The van der Waals surface area contributed by atoms with E-state index in [0.29, 0.717) is 0 Å². The molecule has 0 aliphatic rings. The van der Waals surface area contributed by atoms with Crippen molar-refractivity contribution in [1.29, 1.82) is 0 Å². The lowest BCUT2D eigenvalue weighted by Crippen LogP contribution is -2.33. The smallest absolute Gasteiger partial charge is 0.261 e. The second-order valence-corrected chi connectivity index (χ2v) is 7.08. The van der Waals surface area contributed by atoms with E-state index < -0.39 is 0 Å². The van der Waals surface area contributed by atoms with Crippen molar-refractivity contribution in [2.75, 3.05) is 6.54 Å². The number of benzene rings is 1. The Bertz CT molecular complexity index is 571. The summed E-state index contributed by atoms with van der Waals surface area (Å²) < 4.78 is 0. The molecule has 0 aliphatic heterocycles. The fourth-order valence-electron chi connectivity index (χ4n) is 3.47. The quantitative estimate of drug-likeness (QED) is 0.655. The number of thiophene rings is 1. The lowest BCUT2D eigenvalue weighted by molar-refractivity contribution is 0.0953. The number of amides is 1. The minimum Gasteiger partial charge on any atom is -0.351 e. The van der Waals surface area contributed by atoms with Gasteiger partial charge in [-0.1, -0.05) is 63.1 Å². The highest BCUT2D eigenvalue weighted by Crippen LogP contribution is 2.37. The molecule has 1 amide bonds. The Balaban J connectivity index is 2.06. The average molecular weight is 330 g/mol. The van der Waals surface area contributed by atoms with Crippen molar-refractivity contribution < 1.29 is 4.79 Å². The Hall–Kier alpha value is -1.61. The van der Waals surface area contributed by atoms with Gasteiger partial charge in [-0.25, -0.2) is 0 Å². The molecule has 0 spiro atoms. The molecular formula is C20H27NOS. The molecule has 0 saturated heterocycles. The first-order valence-electron chi connectivity index (χ1n) is 8.59. The van der Waals surface area contributed by atoms with Crippen LogP contribution in [0.4, 0.5) is 0 Å². The van der Waals surface area contributed by atoms with Crippen LogP contribution in [0.2, 0.25) is 0 Å². The van der Waals surface area contributed by atoms with Gasteiger partial charge < -0.3 is 5.32 Å². The zero-order valence-corrected chi connectivity index (χ0v) is 15.0. The molecule has 0 atom stereocenters. The topological polar surface area (TPSA) is 29.1 Å². The van der Waals surface area contributed by atoms with Gasteiger partial charge in [0, 0.05) is 6.54 Å². The molecule has 0 saturated carbocycles. The summed E-state index contributed by atoms with van der Waals surface area (Å²) >= 11 is 1.49. The van der Waals surface area contributed by atoms with Gasteiger partial charge in [-0.05, 0) is 41.7 Å². The molecule has 1 aromatic heterocycles. The maximum Gasteiger partial charge on any atom is 0.261 e. The summed E-state index contributed by atoms with van der Waals surface area (Å²) in [5.41, 5.74) is 1.59. The zero-order valence-electron chi connectivity index (χ0n) is 14.2. The average Bonchev–Trinajstić information content (AvgIpc) is 3.10. The third-order valence-electron chi connectivity index (χ3n) is 4.48. The fraction of sp³-hybridized carbons (Fsp3) is 0.450. The molecule has 2 nitrogen and oxygen atoms in total. The van der Waals surface area contributed by atoms with Gasteiger partial charge in [-0.2, -0.15) is 0 Å². The normalized spacial score (nSPS) is 11.4. The molecule has 1 aromatic carbocycles. The van der Waals surface area contributed by atoms with Gasteiger partial charge in [0.1, 0.15) is 0 Å². The van der Waals surface area contributed by atoms with Crippen LogP contribution in [0, 0.1) is 0 Å². The summed E-state index contributed by atoms with van der Waals surface area (Å²) in [5.74, 6) is 0.0509. The first-order valence-corrected chi connectivity index (χ1v) is 9.47. The maximum atomic E-state index is 12.1. The van der Waals surface area contributed by atoms with Gasteiger partial charge in [0.2, 0.25) is 0 Å². The zero-order chi connectivity index (χ0) is 16.5. The molecule has 1 N–H and O–H groups in total. The number of hydrogen-bond acceptors (Lipinski definition) is 2. The largest absolute Gasteiger partial charge is 0.351 e. The molecule has 1 heterocycles.